The standard InChI is InChI=1S/C62H118O6/c1-2-3-4-5-6-7-8-9-10-11-12-13-14-15-16-17-18-19-20-21-22-23-24-25-26-27-28-29-30-31-32-33-34-35-36-37-38-39-40-41-42-43-44-45-46-47-48-49-50-51-52-53-59-54-60(65)67-57-62(55-63,56-64)58-68-61(59)66/h23-24,59,63-64H,2-22,25-58H2,1H3/b24-23+. The lowest BCUT2D eigenvalue weighted by molar-refractivity contribution is -0.155. The molecule has 68 heavy (non-hydrogen) atoms. The van der Waals surface area contributed by atoms with Gasteiger partial charge in [-0.05, 0) is 32.1 Å². The van der Waals surface area contributed by atoms with Crippen molar-refractivity contribution >= 4 is 11.9 Å². The molecule has 0 amide bonds. The molecule has 0 aromatic heterocycles. The lowest BCUT2D eigenvalue weighted by Crippen LogP contribution is -2.40. The molecule has 6 heteroatoms. The Hall–Kier alpha value is -1.40. The zero-order chi connectivity index (χ0) is 49.0. The Morgan fingerprint density at radius 2 is 0.632 bits per heavy atom. The number of carbonyl (C=O) groups is 2. The number of aliphatic hydroxyl groups is 2. The molecular formula is C62H118O6. The molecule has 1 aliphatic rings. The topological polar surface area (TPSA) is 93.1 Å². The number of aliphatic hydroxyl groups excluding tert-OH is 2. The van der Waals surface area contributed by atoms with Crippen LogP contribution in [0.15, 0.2) is 12.2 Å². The minimum atomic E-state index is -1.12. The zero-order valence-electron chi connectivity index (χ0n) is 45.7. The van der Waals surface area contributed by atoms with Crippen LogP contribution < -0.4 is 0 Å². The molecular weight excluding hydrogens is 841 g/mol. The molecule has 0 saturated carbocycles. The summed E-state index contributed by atoms with van der Waals surface area (Å²) in [5.41, 5.74) is -1.12. The number of ether oxygens (including phenoxy) is 2. The fourth-order valence-electron chi connectivity index (χ4n) is 10.2. The van der Waals surface area contributed by atoms with Gasteiger partial charge in [-0.1, -0.05) is 308 Å². The number of esters is 2. The molecule has 0 aromatic carbocycles. The summed E-state index contributed by atoms with van der Waals surface area (Å²) in [6, 6.07) is 0. The summed E-state index contributed by atoms with van der Waals surface area (Å²) < 4.78 is 10.6. The normalized spacial score (nSPS) is 15.4. The average molecular weight is 960 g/mol. The fourth-order valence-corrected chi connectivity index (χ4v) is 10.2. The van der Waals surface area contributed by atoms with Crippen molar-refractivity contribution in [2.45, 2.75) is 334 Å². The maximum absolute atomic E-state index is 12.5. The third kappa shape index (κ3) is 43.4. The molecule has 0 spiro atoms. The highest BCUT2D eigenvalue weighted by Gasteiger charge is 2.36. The van der Waals surface area contributed by atoms with Gasteiger partial charge in [0.2, 0.25) is 0 Å². The molecule has 0 aromatic rings. The van der Waals surface area contributed by atoms with E-state index < -0.39 is 36.5 Å². The summed E-state index contributed by atoms with van der Waals surface area (Å²) in [7, 11) is 0. The van der Waals surface area contributed by atoms with Crippen LogP contribution in [0.2, 0.25) is 0 Å². The Morgan fingerprint density at radius 3 is 0.912 bits per heavy atom. The summed E-state index contributed by atoms with van der Waals surface area (Å²) in [6.07, 6.45) is 74.2. The smallest absolute Gasteiger partial charge is 0.309 e. The molecule has 1 atom stereocenters. The highest BCUT2D eigenvalue weighted by Crippen LogP contribution is 2.25. The maximum atomic E-state index is 12.5. The van der Waals surface area contributed by atoms with Crippen molar-refractivity contribution in [3.63, 3.8) is 0 Å². The first-order valence-corrected chi connectivity index (χ1v) is 30.8. The number of unbranched alkanes of at least 4 members (excludes halogenated alkanes) is 47. The maximum Gasteiger partial charge on any atom is 0.309 e. The molecule has 6 nitrogen and oxygen atoms in total. The number of rotatable bonds is 53. The lowest BCUT2D eigenvalue weighted by Gasteiger charge is -2.27. The van der Waals surface area contributed by atoms with Crippen molar-refractivity contribution in [3.05, 3.63) is 12.2 Å². The summed E-state index contributed by atoms with van der Waals surface area (Å²) in [5.74, 6) is -1.40. The van der Waals surface area contributed by atoms with Crippen LogP contribution in [0.25, 0.3) is 0 Å². The molecule has 0 radical (unpaired) electrons. The quantitative estimate of drug-likeness (QED) is 0.0358. The SMILES string of the molecule is CCCCCCCCCCCCCCCCCCCCCC/C=C/CCCCCCCCCCCCCCCCCCCCCCCCCCCCCC1CC(=O)OCC(CO)(CO)COC1=O. The third-order valence-electron chi connectivity index (χ3n) is 15.3. The molecule has 1 heterocycles. The highest BCUT2D eigenvalue weighted by atomic mass is 16.6. The van der Waals surface area contributed by atoms with Crippen molar-refractivity contribution in [1.29, 1.82) is 0 Å². The summed E-state index contributed by atoms with van der Waals surface area (Å²) in [5, 5.41) is 19.2. The van der Waals surface area contributed by atoms with Crippen LogP contribution in [-0.2, 0) is 19.1 Å². The molecule has 1 aliphatic heterocycles. The first-order valence-electron chi connectivity index (χ1n) is 30.8. The van der Waals surface area contributed by atoms with Gasteiger partial charge in [-0.3, -0.25) is 9.59 Å². The highest BCUT2D eigenvalue weighted by molar-refractivity contribution is 5.80. The van der Waals surface area contributed by atoms with Crippen molar-refractivity contribution in [1.82, 2.24) is 0 Å². The molecule has 1 fully saturated rings. The van der Waals surface area contributed by atoms with E-state index in [2.05, 4.69) is 19.1 Å². The summed E-state index contributed by atoms with van der Waals surface area (Å²) >= 11 is 0. The Bertz CT molecular complexity index is 1070. The van der Waals surface area contributed by atoms with Gasteiger partial charge in [-0.2, -0.15) is 0 Å². The predicted molar refractivity (Wildman–Crippen MR) is 292 cm³/mol. The number of cyclic esters (lactones) is 2. The first kappa shape index (κ1) is 64.6. The van der Waals surface area contributed by atoms with Crippen LogP contribution in [0.4, 0.5) is 0 Å². The average Bonchev–Trinajstić information content (AvgIpc) is 3.40. The number of allylic oxidation sites excluding steroid dienone is 2. The van der Waals surface area contributed by atoms with Gasteiger partial charge in [0.1, 0.15) is 13.2 Å². The van der Waals surface area contributed by atoms with Gasteiger partial charge in [0.25, 0.3) is 0 Å². The largest absolute Gasteiger partial charge is 0.465 e. The Balaban J connectivity index is 1.69. The van der Waals surface area contributed by atoms with E-state index >= 15 is 0 Å². The van der Waals surface area contributed by atoms with Crippen LogP contribution in [0, 0.1) is 11.3 Å². The molecule has 402 valence electrons. The van der Waals surface area contributed by atoms with Crippen molar-refractivity contribution < 1.29 is 29.3 Å². The Labute approximate surface area is 423 Å². The Morgan fingerprint density at radius 1 is 0.382 bits per heavy atom. The minimum Gasteiger partial charge on any atom is -0.465 e. The molecule has 0 bridgehead atoms. The third-order valence-corrected chi connectivity index (χ3v) is 15.3. The van der Waals surface area contributed by atoms with Crippen LogP contribution in [0.3, 0.4) is 0 Å². The van der Waals surface area contributed by atoms with E-state index in [0.717, 1.165) is 19.3 Å². The first-order chi connectivity index (χ1) is 33.6. The monoisotopic (exact) mass is 959 g/mol. The van der Waals surface area contributed by atoms with Gasteiger partial charge in [-0.25, -0.2) is 0 Å². The summed E-state index contributed by atoms with van der Waals surface area (Å²) in [4.78, 5) is 24.7. The molecule has 1 saturated heterocycles. The van der Waals surface area contributed by atoms with Crippen molar-refractivity contribution in [2.75, 3.05) is 26.4 Å². The van der Waals surface area contributed by atoms with E-state index in [-0.39, 0.29) is 19.6 Å². The van der Waals surface area contributed by atoms with E-state index in [1.54, 1.807) is 0 Å². The summed E-state index contributed by atoms with van der Waals surface area (Å²) in [6.45, 7) is 1.21. The lowest BCUT2D eigenvalue weighted by atomic mass is 9.92. The van der Waals surface area contributed by atoms with E-state index in [1.165, 1.54) is 295 Å². The fraction of sp³-hybridized carbons (Fsp3) is 0.935. The van der Waals surface area contributed by atoms with Crippen LogP contribution in [0.5, 0.6) is 0 Å². The number of carbonyl (C=O) groups excluding carboxylic acids is 2. The number of hydrogen-bond donors (Lipinski definition) is 2. The van der Waals surface area contributed by atoms with Gasteiger partial charge in [0.05, 0.1) is 31.0 Å². The van der Waals surface area contributed by atoms with Gasteiger partial charge in [-0.15, -0.1) is 0 Å². The second-order valence-corrected chi connectivity index (χ2v) is 22.1. The Kier molecular flexibility index (Phi) is 49.4. The molecule has 0 aliphatic carbocycles. The van der Waals surface area contributed by atoms with E-state index in [1.807, 2.05) is 0 Å². The zero-order valence-corrected chi connectivity index (χ0v) is 45.7. The molecule has 2 N–H and O–H groups in total. The molecule has 1 rings (SSSR count). The van der Waals surface area contributed by atoms with Gasteiger partial charge in [0, 0.05) is 0 Å². The van der Waals surface area contributed by atoms with Gasteiger partial charge in [0.15, 0.2) is 0 Å². The van der Waals surface area contributed by atoms with Gasteiger partial charge >= 0.3 is 11.9 Å². The van der Waals surface area contributed by atoms with Crippen LogP contribution in [0.1, 0.15) is 334 Å². The van der Waals surface area contributed by atoms with Gasteiger partial charge < -0.3 is 19.7 Å². The molecule has 1 unspecified atom stereocenters. The number of hydrogen-bond acceptors (Lipinski definition) is 6. The minimum absolute atomic E-state index is 0.00461. The second-order valence-electron chi connectivity index (χ2n) is 22.1. The second kappa shape index (κ2) is 51.9. The predicted octanol–water partition coefficient (Wildman–Crippen LogP) is 19.1. The van der Waals surface area contributed by atoms with E-state index in [9.17, 15) is 19.8 Å². The van der Waals surface area contributed by atoms with Crippen molar-refractivity contribution in [3.8, 4) is 0 Å². The van der Waals surface area contributed by atoms with Crippen LogP contribution >= 0.6 is 0 Å². The van der Waals surface area contributed by atoms with Crippen LogP contribution in [-0.4, -0.2) is 48.6 Å². The van der Waals surface area contributed by atoms with E-state index in [4.69, 9.17) is 9.47 Å². The van der Waals surface area contributed by atoms with Crippen molar-refractivity contribution in [2.24, 2.45) is 11.3 Å². The van der Waals surface area contributed by atoms with E-state index in [0.29, 0.717) is 6.42 Å².